The minimum absolute atomic E-state index is 0.0813. The summed E-state index contributed by atoms with van der Waals surface area (Å²) in [5.41, 5.74) is 0.821. The topological polar surface area (TPSA) is 46.1 Å². The Bertz CT molecular complexity index is 416. The molecule has 2 fully saturated rings. The van der Waals surface area contributed by atoms with E-state index in [1.165, 1.54) is 19.3 Å². The van der Waals surface area contributed by atoms with Gasteiger partial charge in [0, 0.05) is 18.8 Å². The van der Waals surface area contributed by atoms with E-state index in [0.29, 0.717) is 6.04 Å². The molecule has 4 heteroatoms. The van der Waals surface area contributed by atoms with Crippen molar-refractivity contribution in [3.8, 4) is 0 Å². The predicted octanol–water partition coefficient (Wildman–Crippen LogP) is 1.55. The number of carbonyl (C=O) groups excluding carboxylic acids is 1. The molecule has 2 heterocycles. The van der Waals surface area contributed by atoms with Crippen molar-refractivity contribution in [3.63, 3.8) is 0 Å². The molecule has 1 saturated carbocycles. The molecule has 0 aromatic carbocycles. The van der Waals surface area contributed by atoms with Gasteiger partial charge in [-0.3, -0.25) is 4.79 Å². The summed E-state index contributed by atoms with van der Waals surface area (Å²) in [6, 6.07) is 4.46. The zero-order valence-corrected chi connectivity index (χ0v) is 10.7. The van der Waals surface area contributed by atoms with Gasteiger partial charge in [0.15, 0.2) is 0 Å². The van der Waals surface area contributed by atoms with Crippen LogP contribution in [0.4, 0.5) is 0 Å². The van der Waals surface area contributed by atoms with Gasteiger partial charge in [-0.05, 0) is 56.8 Å². The van der Waals surface area contributed by atoms with E-state index >= 15 is 0 Å². The predicted molar refractivity (Wildman–Crippen MR) is 70.6 cm³/mol. The van der Waals surface area contributed by atoms with Crippen LogP contribution in [-0.2, 0) is 0 Å². The van der Waals surface area contributed by atoms with Crippen LogP contribution < -0.4 is 10.6 Å². The second kappa shape index (κ2) is 5.14. The summed E-state index contributed by atoms with van der Waals surface area (Å²) in [4.78, 5) is 12.1. The Labute approximate surface area is 108 Å². The van der Waals surface area contributed by atoms with Gasteiger partial charge in [0.2, 0.25) is 0 Å². The van der Waals surface area contributed by atoms with Crippen LogP contribution in [0.5, 0.6) is 0 Å². The van der Waals surface area contributed by atoms with E-state index in [1.54, 1.807) is 0 Å². The van der Waals surface area contributed by atoms with Crippen LogP contribution in [0, 0.1) is 5.92 Å². The highest BCUT2D eigenvalue weighted by atomic mass is 16.1. The van der Waals surface area contributed by atoms with Crippen LogP contribution in [0.25, 0.3) is 0 Å². The van der Waals surface area contributed by atoms with Crippen molar-refractivity contribution in [1.82, 2.24) is 15.2 Å². The summed E-state index contributed by atoms with van der Waals surface area (Å²) in [6.45, 7) is 3.03. The van der Waals surface area contributed by atoms with Gasteiger partial charge in [0.05, 0.1) is 0 Å². The van der Waals surface area contributed by atoms with E-state index in [-0.39, 0.29) is 5.91 Å². The standard InChI is InChI=1S/C14H21N3O/c18-14(16-8-6-11-5-7-15-10-11)13-2-1-9-17(13)12-3-4-12/h1-2,9,11-12,15H,3-8,10H2,(H,16,18). The number of nitrogens with one attached hydrogen (secondary N) is 2. The number of hydrogen-bond acceptors (Lipinski definition) is 2. The van der Waals surface area contributed by atoms with Gasteiger partial charge in [-0.1, -0.05) is 0 Å². The number of carbonyl (C=O) groups is 1. The minimum atomic E-state index is 0.0813. The Morgan fingerprint density at radius 3 is 3.06 bits per heavy atom. The minimum Gasteiger partial charge on any atom is -0.351 e. The SMILES string of the molecule is O=C(NCCC1CCNC1)c1cccn1C1CC1. The molecule has 0 radical (unpaired) electrons. The van der Waals surface area contributed by atoms with Gasteiger partial charge in [-0.25, -0.2) is 0 Å². The van der Waals surface area contributed by atoms with Crippen LogP contribution in [-0.4, -0.2) is 30.1 Å². The Balaban J connectivity index is 1.49. The molecule has 0 spiro atoms. The third kappa shape index (κ3) is 2.58. The fraction of sp³-hybridized carbons (Fsp3) is 0.643. The third-order valence-electron chi connectivity index (χ3n) is 3.95. The van der Waals surface area contributed by atoms with E-state index in [1.807, 2.05) is 18.3 Å². The van der Waals surface area contributed by atoms with Crippen LogP contribution >= 0.6 is 0 Å². The second-order valence-corrected chi connectivity index (χ2v) is 5.44. The van der Waals surface area contributed by atoms with Crippen molar-refractivity contribution in [2.45, 2.75) is 31.7 Å². The van der Waals surface area contributed by atoms with E-state index < -0.39 is 0 Å². The molecule has 1 amide bonds. The molecule has 1 aliphatic carbocycles. The van der Waals surface area contributed by atoms with Crippen molar-refractivity contribution in [3.05, 3.63) is 24.0 Å². The van der Waals surface area contributed by atoms with E-state index in [0.717, 1.165) is 37.7 Å². The van der Waals surface area contributed by atoms with Gasteiger partial charge in [-0.15, -0.1) is 0 Å². The third-order valence-corrected chi connectivity index (χ3v) is 3.95. The Hall–Kier alpha value is -1.29. The van der Waals surface area contributed by atoms with Crippen LogP contribution in [0.1, 0.15) is 42.2 Å². The number of nitrogens with zero attached hydrogens (tertiary/aromatic N) is 1. The first-order valence-corrected chi connectivity index (χ1v) is 7.00. The Morgan fingerprint density at radius 1 is 1.44 bits per heavy atom. The molecule has 98 valence electrons. The molecule has 1 saturated heterocycles. The molecule has 1 unspecified atom stereocenters. The Morgan fingerprint density at radius 2 is 2.33 bits per heavy atom. The number of hydrogen-bond donors (Lipinski definition) is 2. The fourth-order valence-corrected chi connectivity index (χ4v) is 2.70. The molecule has 1 aromatic heterocycles. The second-order valence-electron chi connectivity index (χ2n) is 5.44. The fourth-order valence-electron chi connectivity index (χ4n) is 2.70. The monoisotopic (exact) mass is 247 g/mol. The first-order valence-electron chi connectivity index (χ1n) is 7.00. The van der Waals surface area contributed by atoms with Crippen molar-refractivity contribution in [2.24, 2.45) is 5.92 Å². The van der Waals surface area contributed by atoms with Crippen molar-refractivity contribution in [1.29, 1.82) is 0 Å². The van der Waals surface area contributed by atoms with Gasteiger partial charge < -0.3 is 15.2 Å². The summed E-state index contributed by atoms with van der Waals surface area (Å²) in [6.07, 6.45) is 6.77. The highest BCUT2D eigenvalue weighted by Crippen LogP contribution is 2.35. The van der Waals surface area contributed by atoms with E-state index in [4.69, 9.17) is 0 Å². The van der Waals surface area contributed by atoms with E-state index in [9.17, 15) is 4.79 Å². The summed E-state index contributed by atoms with van der Waals surface area (Å²) < 4.78 is 2.12. The lowest BCUT2D eigenvalue weighted by molar-refractivity contribution is 0.0942. The van der Waals surface area contributed by atoms with Gasteiger partial charge >= 0.3 is 0 Å². The molecule has 1 aromatic rings. The maximum Gasteiger partial charge on any atom is 0.267 e. The normalized spacial score (nSPS) is 23.2. The summed E-state index contributed by atoms with van der Waals surface area (Å²) in [5.74, 6) is 0.818. The zero-order chi connectivity index (χ0) is 12.4. The van der Waals surface area contributed by atoms with Gasteiger partial charge in [-0.2, -0.15) is 0 Å². The summed E-state index contributed by atoms with van der Waals surface area (Å²) in [7, 11) is 0. The summed E-state index contributed by atoms with van der Waals surface area (Å²) >= 11 is 0. The molecule has 2 aliphatic rings. The van der Waals surface area contributed by atoms with Crippen molar-refractivity contribution < 1.29 is 4.79 Å². The average Bonchev–Trinajstić information content (AvgIpc) is 2.91. The number of amides is 1. The molecule has 1 atom stereocenters. The van der Waals surface area contributed by atoms with Crippen LogP contribution in [0.15, 0.2) is 18.3 Å². The summed E-state index contributed by atoms with van der Waals surface area (Å²) in [5, 5.41) is 6.40. The first kappa shape index (κ1) is 11.8. The Kier molecular flexibility index (Phi) is 3.37. The maximum absolute atomic E-state index is 12.1. The van der Waals surface area contributed by atoms with E-state index in [2.05, 4.69) is 15.2 Å². The molecule has 4 nitrogen and oxygen atoms in total. The van der Waals surface area contributed by atoms with Gasteiger partial charge in [0.25, 0.3) is 5.91 Å². The molecule has 18 heavy (non-hydrogen) atoms. The zero-order valence-electron chi connectivity index (χ0n) is 10.7. The molecule has 3 rings (SSSR count). The lowest BCUT2D eigenvalue weighted by Crippen LogP contribution is -2.28. The highest BCUT2D eigenvalue weighted by Gasteiger charge is 2.26. The highest BCUT2D eigenvalue weighted by molar-refractivity contribution is 5.92. The first-order chi connectivity index (χ1) is 8.84. The van der Waals surface area contributed by atoms with Gasteiger partial charge in [0.1, 0.15) is 5.69 Å². The molecular weight excluding hydrogens is 226 g/mol. The lowest BCUT2D eigenvalue weighted by atomic mass is 10.1. The van der Waals surface area contributed by atoms with Crippen molar-refractivity contribution >= 4 is 5.91 Å². The van der Waals surface area contributed by atoms with Crippen molar-refractivity contribution in [2.75, 3.05) is 19.6 Å². The quantitative estimate of drug-likeness (QED) is 0.829. The molecule has 2 N–H and O–H groups in total. The smallest absolute Gasteiger partial charge is 0.267 e. The van der Waals surface area contributed by atoms with Crippen LogP contribution in [0.2, 0.25) is 0 Å². The number of aromatic nitrogens is 1. The largest absolute Gasteiger partial charge is 0.351 e. The maximum atomic E-state index is 12.1. The lowest BCUT2D eigenvalue weighted by Gasteiger charge is -2.11. The number of rotatable bonds is 5. The molecule has 1 aliphatic heterocycles. The average molecular weight is 247 g/mol. The van der Waals surface area contributed by atoms with Crippen LogP contribution in [0.3, 0.4) is 0 Å². The molecule has 0 bridgehead atoms. The molecular formula is C14H21N3O.